The Morgan fingerprint density at radius 2 is 1.80 bits per heavy atom. The van der Waals surface area contributed by atoms with Gasteiger partial charge in [0.1, 0.15) is 29.8 Å². The molecule has 0 aliphatic carbocycles. The van der Waals surface area contributed by atoms with E-state index < -0.39 is 5.82 Å². The fraction of sp³-hybridized carbons (Fsp3) is 0.133. The number of ether oxygens (including phenoxy) is 2. The molecule has 3 N–H and O–H groups in total. The van der Waals surface area contributed by atoms with Crippen molar-refractivity contribution in [2.24, 2.45) is 5.73 Å². The van der Waals surface area contributed by atoms with E-state index in [1.54, 1.807) is 43.5 Å². The van der Waals surface area contributed by atoms with Crippen LogP contribution in [-0.4, -0.2) is 12.9 Å². The van der Waals surface area contributed by atoms with E-state index >= 15 is 0 Å². The summed E-state index contributed by atoms with van der Waals surface area (Å²) in [6.45, 7) is 0.107. The molecule has 0 spiro atoms. The molecule has 4 nitrogen and oxygen atoms in total. The maximum Gasteiger partial charge on any atom is 0.130 e. The van der Waals surface area contributed by atoms with E-state index in [0.29, 0.717) is 16.9 Å². The van der Waals surface area contributed by atoms with Crippen LogP contribution < -0.4 is 15.2 Å². The highest BCUT2D eigenvalue weighted by atomic mass is 19.1. The van der Waals surface area contributed by atoms with Crippen molar-refractivity contribution in [3.8, 4) is 11.5 Å². The third-order valence-electron chi connectivity index (χ3n) is 2.82. The molecule has 0 radical (unpaired) electrons. The number of nitrogens with two attached hydrogens (primary N) is 1. The third-order valence-corrected chi connectivity index (χ3v) is 2.82. The van der Waals surface area contributed by atoms with Crippen molar-refractivity contribution in [3.63, 3.8) is 0 Å². The first-order chi connectivity index (χ1) is 9.60. The van der Waals surface area contributed by atoms with E-state index in [1.165, 1.54) is 6.07 Å². The highest BCUT2D eigenvalue weighted by Crippen LogP contribution is 2.19. The predicted molar refractivity (Wildman–Crippen MR) is 74.7 cm³/mol. The molecule has 0 atom stereocenters. The summed E-state index contributed by atoms with van der Waals surface area (Å²) in [5.74, 6) is 0.757. The standard InChI is InChI=1S/C15H15FN2O2/c1-19-12-4-6-13(7-5-12)20-9-11-3-2-10(15(17)18)8-14(11)16/h2-8H,9H2,1H3,(H3,17,18). The van der Waals surface area contributed by atoms with Crippen LogP contribution in [0.5, 0.6) is 11.5 Å². The zero-order valence-corrected chi connectivity index (χ0v) is 11.0. The Morgan fingerprint density at radius 3 is 2.35 bits per heavy atom. The SMILES string of the molecule is COc1ccc(OCc2ccc(C(=N)N)cc2F)cc1. The number of nitrogen functional groups attached to an aromatic ring is 1. The molecule has 0 amide bonds. The van der Waals surface area contributed by atoms with Gasteiger partial charge in [-0.25, -0.2) is 4.39 Å². The fourth-order valence-electron chi connectivity index (χ4n) is 1.66. The number of hydrogen-bond donors (Lipinski definition) is 2. The van der Waals surface area contributed by atoms with Gasteiger partial charge < -0.3 is 15.2 Å². The summed E-state index contributed by atoms with van der Waals surface area (Å²) in [6.07, 6.45) is 0. The second kappa shape index (κ2) is 6.06. The molecule has 0 saturated heterocycles. The highest BCUT2D eigenvalue weighted by Gasteiger charge is 2.06. The molecule has 20 heavy (non-hydrogen) atoms. The predicted octanol–water partition coefficient (Wildman–Crippen LogP) is 2.70. The summed E-state index contributed by atoms with van der Waals surface area (Å²) < 4.78 is 24.3. The van der Waals surface area contributed by atoms with Crippen LogP contribution in [0.4, 0.5) is 4.39 Å². The average Bonchev–Trinajstić information content (AvgIpc) is 2.46. The van der Waals surface area contributed by atoms with Crippen molar-refractivity contribution in [2.75, 3.05) is 7.11 Å². The van der Waals surface area contributed by atoms with E-state index in [-0.39, 0.29) is 12.4 Å². The summed E-state index contributed by atoms with van der Waals surface area (Å²) in [4.78, 5) is 0. The number of amidine groups is 1. The smallest absolute Gasteiger partial charge is 0.130 e. The lowest BCUT2D eigenvalue weighted by Gasteiger charge is -2.09. The van der Waals surface area contributed by atoms with Gasteiger partial charge in [0.05, 0.1) is 7.11 Å². The second-order valence-electron chi connectivity index (χ2n) is 4.18. The van der Waals surface area contributed by atoms with Gasteiger partial charge >= 0.3 is 0 Å². The minimum Gasteiger partial charge on any atom is -0.497 e. The van der Waals surface area contributed by atoms with Crippen LogP contribution in [0, 0.1) is 11.2 Å². The van der Waals surface area contributed by atoms with Crippen LogP contribution in [-0.2, 0) is 6.61 Å². The molecule has 0 bridgehead atoms. The minimum absolute atomic E-state index is 0.107. The lowest BCUT2D eigenvalue weighted by atomic mass is 10.1. The molecule has 0 aliphatic rings. The monoisotopic (exact) mass is 274 g/mol. The van der Waals surface area contributed by atoms with Gasteiger partial charge in [-0.15, -0.1) is 0 Å². The third kappa shape index (κ3) is 3.26. The molecule has 5 heteroatoms. The second-order valence-corrected chi connectivity index (χ2v) is 4.18. The fourth-order valence-corrected chi connectivity index (χ4v) is 1.66. The molecular formula is C15H15FN2O2. The summed E-state index contributed by atoms with van der Waals surface area (Å²) >= 11 is 0. The van der Waals surface area contributed by atoms with Gasteiger partial charge in [-0.05, 0) is 30.3 Å². The first-order valence-corrected chi connectivity index (χ1v) is 6.00. The first kappa shape index (κ1) is 13.9. The number of rotatable bonds is 5. The van der Waals surface area contributed by atoms with Gasteiger partial charge in [0.2, 0.25) is 0 Å². The normalized spacial score (nSPS) is 10.1. The summed E-state index contributed by atoms with van der Waals surface area (Å²) in [6, 6.07) is 11.4. The van der Waals surface area contributed by atoms with Crippen LogP contribution in [0.3, 0.4) is 0 Å². The Labute approximate surface area is 116 Å². The van der Waals surface area contributed by atoms with Gasteiger partial charge in [-0.2, -0.15) is 0 Å². The molecule has 104 valence electrons. The Bertz CT molecular complexity index is 612. The highest BCUT2D eigenvalue weighted by molar-refractivity contribution is 5.94. The largest absolute Gasteiger partial charge is 0.497 e. The molecule has 0 fully saturated rings. The maximum atomic E-state index is 13.8. The van der Waals surface area contributed by atoms with Gasteiger partial charge in [0.25, 0.3) is 0 Å². The Kier molecular flexibility index (Phi) is 4.20. The van der Waals surface area contributed by atoms with Gasteiger partial charge in [-0.3, -0.25) is 5.41 Å². The number of halogens is 1. The van der Waals surface area contributed by atoms with Crippen LogP contribution in [0.1, 0.15) is 11.1 Å². The van der Waals surface area contributed by atoms with Crippen molar-refractivity contribution < 1.29 is 13.9 Å². The zero-order valence-electron chi connectivity index (χ0n) is 11.0. The van der Waals surface area contributed by atoms with Crippen LogP contribution in [0.15, 0.2) is 42.5 Å². The van der Waals surface area contributed by atoms with E-state index in [2.05, 4.69) is 0 Å². The number of hydrogen-bond acceptors (Lipinski definition) is 3. The lowest BCUT2D eigenvalue weighted by Crippen LogP contribution is -2.12. The van der Waals surface area contributed by atoms with Crippen molar-refractivity contribution in [3.05, 3.63) is 59.4 Å². The van der Waals surface area contributed by atoms with Gasteiger partial charge in [0, 0.05) is 11.1 Å². The molecule has 0 unspecified atom stereocenters. The minimum atomic E-state index is -0.439. The number of nitrogens with one attached hydrogen (secondary N) is 1. The molecule has 0 saturated carbocycles. The molecule has 2 aromatic carbocycles. The van der Waals surface area contributed by atoms with Crippen molar-refractivity contribution in [1.29, 1.82) is 5.41 Å². The zero-order chi connectivity index (χ0) is 14.5. The van der Waals surface area contributed by atoms with Crippen LogP contribution in [0.25, 0.3) is 0 Å². The van der Waals surface area contributed by atoms with Crippen molar-refractivity contribution >= 4 is 5.84 Å². The molecular weight excluding hydrogens is 259 g/mol. The van der Waals surface area contributed by atoms with Gasteiger partial charge in [0.15, 0.2) is 0 Å². The van der Waals surface area contributed by atoms with Crippen LogP contribution >= 0.6 is 0 Å². The first-order valence-electron chi connectivity index (χ1n) is 6.00. The molecule has 0 aromatic heterocycles. The molecule has 2 rings (SSSR count). The topological polar surface area (TPSA) is 68.3 Å². The van der Waals surface area contributed by atoms with E-state index in [1.807, 2.05) is 0 Å². The quantitative estimate of drug-likeness (QED) is 0.650. The Balaban J connectivity index is 2.04. The maximum absolute atomic E-state index is 13.8. The summed E-state index contributed by atoms with van der Waals surface area (Å²) in [5.41, 5.74) is 6.06. The van der Waals surface area contributed by atoms with Crippen LogP contribution in [0.2, 0.25) is 0 Å². The summed E-state index contributed by atoms with van der Waals surface area (Å²) in [7, 11) is 1.59. The average molecular weight is 274 g/mol. The van der Waals surface area contributed by atoms with Crippen molar-refractivity contribution in [2.45, 2.75) is 6.61 Å². The number of benzene rings is 2. The Morgan fingerprint density at radius 1 is 1.15 bits per heavy atom. The van der Waals surface area contributed by atoms with E-state index in [4.69, 9.17) is 20.6 Å². The van der Waals surface area contributed by atoms with E-state index in [0.717, 1.165) is 5.75 Å². The Hall–Kier alpha value is -2.56. The van der Waals surface area contributed by atoms with Gasteiger partial charge in [-0.1, -0.05) is 12.1 Å². The summed E-state index contributed by atoms with van der Waals surface area (Å²) in [5, 5.41) is 7.25. The number of methoxy groups -OCH3 is 1. The molecule has 0 aliphatic heterocycles. The van der Waals surface area contributed by atoms with Crippen molar-refractivity contribution in [1.82, 2.24) is 0 Å². The molecule has 2 aromatic rings. The lowest BCUT2D eigenvalue weighted by molar-refractivity contribution is 0.299. The molecule has 0 heterocycles. The van der Waals surface area contributed by atoms with E-state index in [9.17, 15) is 4.39 Å².